The highest BCUT2D eigenvalue weighted by Gasteiger charge is 2.44. The Morgan fingerprint density at radius 2 is 0.821 bits per heavy atom. The van der Waals surface area contributed by atoms with Gasteiger partial charge in [-0.05, 0) is 89.9 Å². The van der Waals surface area contributed by atoms with Crippen molar-refractivity contribution in [3.63, 3.8) is 0 Å². The molecule has 0 aliphatic carbocycles. The number of carbonyl (C=O) groups is 1. The summed E-state index contributed by atoms with van der Waals surface area (Å²) in [4.78, 5) is 13.2. The lowest BCUT2D eigenvalue weighted by molar-refractivity contribution is -0.303. The molecule has 9 unspecified atom stereocenters. The minimum atomic E-state index is -1.67. The number of hydrogen-bond acceptors (Lipinski definition) is 10. The van der Waals surface area contributed by atoms with Crippen molar-refractivity contribution < 1.29 is 50.0 Å². The molecule has 456 valence electrons. The number of aliphatic hydroxyl groups is 7. The van der Waals surface area contributed by atoms with Crippen LogP contribution in [-0.4, -0.2) is 110 Å². The Labute approximate surface area is 478 Å². The first kappa shape index (κ1) is 73.8. The second-order valence-electron chi connectivity index (χ2n) is 22.8. The normalized spacial score (nSPS) is 19.8. The Morgan fingerprint density at radius 1 is 0.449 bits per heavy atom. The van der Waals surface area contributed by atoms with Gasteiger partial charge in [-0.15, -0.1) is 0 Å². The molecule has 8 N–H and O–H groups in total. The van der Waals surface area contributed by atoms with E-state index in [1.54, 1.807) is 0 Å². The van der Waals surface area contributed by atoms with E-state index in [1.807, 2.05) is 0 Å². The minimum absolute atomic E-state index is 0.239. The van der Waals surface area contributed by atoms with Crippen LogP contribution in [0.2, 0.25) is 0 Å². The van der Waals surface area contributed by atoms with E-state index in [2.05, 4.69) is 79.9 Å². The zero-order valence-electron chi connectivity index (χ0n) is 50.1. The lowest BCUT2D eigenvalue weighted by Gasteiger charge is -2.40. The summed E-state index contributed by atoms with van der Waals surface area (Å²) in [7, 11) is 0. The molecule has 9 atom stereocenters. The molecule has 11 heteroatoms. The van der Waals surface area contributed by atoms with Crippen LogP contribution in [0.5, 0.6) is 0 Å². The smallest absolute Gasteiger partial charge is 0.249 e. The third-order valence-electron chi connectivity index (χ3n) is 15.5. The molecule has 1 aliphatic rings. The van der Waals surface area contributed by atoms with Crippen molar-refractivity contribution >= 4 is 5.91 Å². The van der Waals surface area contributed by atoms with E-state index in [9.17, 15) is 40.5 Å². The molecule has 78 heavy (non-hydrogen) atoms. The van der Waals surface area contributed by atoms with Crippen LogP contribution in [0, 0.1) is 0 Å². The average Bonchev–Trinajstić information content (AvgIpc) is 3.46. The number of unbranched alkanes of at least 4 members (excludes halogenated alkanes) is 34. The van der Waals surface area contributed by atoms with Gasteiger partial charge in [0.05, 0.1) is 25.4 Å². The maximum atomic E-state index is 13.2. The number of ether oxygens (including phenoxy) is 2. The molecule has 1 aliphatic heterocycles. The highest BCUT2D eigenvalue weighted by atomic mass is 16.7. The van der Waals surface area contributed by atoms with E-state index >= 15 is 0 Å². The van der Waals surface area contributed by atoms with Crippen molar-refractivity contribution in [2.75, 3.05) is 13.2 Å². The number of rotatable bonds is 56. The number of nitrogens with one attached hydrogen (secondary N) is 1. The molecule has 0 aromatic carbocycles. The van der Waals surface area contributed by atoms with Gasteiger partial charge in [-0.2, -0.15) is 0 Å². The second-order valence-corrected chi connectivity index (χ2v) is 22.8. The fourth-order valence-electron chi connectivity index (χ4n) is 10.2. The van der Waals surface area contributed by atoms with Crippen molar-refractivity contribution in [1.82, 2.24) is 5.32 Å². The van der Waals surface area contributed by atoms with Gasteiger partial charge < -0.3 is 50.5 Å². The quantitative estimate of drug-likeness (QED) is 0.0215. The van der Waals surface area contributed by atoms with Crippen molar-refractivity contribution in [3.8, 4) is 0 Å². The Bertz CT molecular complexity index is 1450. The molecule has 1 saturated heterocycles. The monoisotopic (exact) mass is 1100 g/mol. The summed E-state index contributed by atoms with van der Waals surface area (Å²) in [5.74, 6) is -0.712. The Hall–Kier alpha value is -2.19. The van der Waals surface area contributed by atoms with Crippen LogP contribution in [0.1, 0.15) is 290 Å². The van der Waals surface area contributed by atoms with E-state index in [4.69, 9.17) is 9.47 Å². The fraction of sp³-hybridized carbons (Fsp3) is 0.836. The molecule has 1 fully saturated rings. The molecular weight excluding hydrogens is 979 g/mol. The Balaban J connectivity index is 2.17. The topological polar surface area (TPSA) is 189 Å². The van der Waals surface area contributed by atoms with Crippen LogP contribution in [0.15, 0.2) is 60.8 Å². The molecule has 0 bridgehead atoms. The molecule has 0 spiro atoms. The van der Waals surface area contributed by atoms with Crippen LogP contribution >= 0.6 is 0 Å². The van der Waals surface area contributed by atoms with Gasteiger partial charge in [0, 0.05) is 0 Å². The van der Waals surface area contributed by atoms with Gasteiger partial charge in [-0.25, -0.2) is 0 Å². The van der Waals surface area contributed by atoms with Crippen LogP contribution in [0.25, 0.3) is 0 Å². The van der Waals surface area contributed by atoms with E-state index in [0.717, 1.165) is 57.8 Å². The lowest BCUT2D eigenvalue weighted by atomic mass is 9.98. The number of carbonyl (C=O) groups excluding carboxylic acids is 1. The molecule has 0 aromatic heterocycles. The van der Waals surface area contributed by atoms with Crippen molar-refractivity contribution in [2.24, 2.45) is 0 Å². The zero-order valence-corrected chi connectivity index (χ0v) is 50.1. The highest BCUT2D eigenvalue weighted by molar-refractivity contribution is 5.80. The van der Waals surface area contributed by atoms with Gasteiger partial charge >= 0.3 is 0 Å². The van der Waals surface area contributed by atoms with Crippen LogP contribution in [0.3, 0.4) is 0 Å². The van der Waals surface area contributed by atoms with Gasteiger partial charge in [-0.3, -0.25) is 4.79 Å². The Kier molecular flexibility index (Phi) is 52.4. The summed E-state index contributed by atoms with van der Waals surface area (Å²) < 4.78 is 11.1. The predicted molar refractivity (Wildman–Crippen MR) is 325 cm³/mol. The number of aliphatic hydroxyl groups excluding tert-OH is 7. The van der Waals surface area contributed by atoms with Crippen LogP contribution < -0.4 is 5.32 Å². The third kappa shape index (κ3) is 42.6. The molecule has 11 nitrogen and oxygen atoms in total. The van der Waals surface area contributed by atoms with Gasteiger partial charge in [0.25, 0.3) is 0 Å². The predicted octanol–water partition coefficient (Wildman–Crippen LogP) is 15.0. The van der Waals surface area contributed by atoms with E-state index < -0.39 is 74.2 Å². The number of hydrogen-bond donors (Lipinski definition) is 8. The first-order valence-corrected chi connectivity index (χ1v) is 32.7. The standard InChI is InChI=1S/C67H123NO10/c1-3-5-7-9-11-13-15-17-19-20-21-22-23-24-25-26-27-28-29-30-31-32-33-34-35-36-37-38-39-41-43-45-47-49-51-53-55-60(71)66(76)68-58(57-77-67-65(75)64(74)63(73)61(56-69)78-67)62(72)59(70)54-52-50-48-46-44-42-40-18-16-14-12-10-8-6-4-2/h10,12,18,25-26,28-29,40,46,48,58-65,67,69-75H,3-9,11,13-17,19-24,27,30-39,41-45,47,49-57H2,1-2H3,(H,68,76)/b12-10+,26-25-,29-28-,40-18+,48-46+. The third-order valence-corrected chi connectivity index (χ3v) is 15.5. The first-order chi connectivity index (χ1) is 38.2. The van der Waals surface area contributed by atoms with E-state index in [0.29, 0.717) is 19.3 Å². The first-order valence-electron chi connectivity index (χ1n) is 32.7. The van der Waals surface area contributed by atoms with Gasteiger partial charge in [0.1, 0.15) is 36.6 Å². The van der Waals surface area contributed by atoms with Gasteiger partial charge in [0.15, 0.2) is 6.29 Å². The summed E-state index contributed by atoms with van der Waals surface area (Å²) in [5, 5.41) is 76.1. The van der Waals surface area contributed by atoms with Crippen molar-refractivity contribution in [1.29, 1.82) is 0 Å². The van der Waals surface area contributed by atoms with Crippen LogP contribution in [-0.2, 0) is 14.3 Å². The van der Waals surface area contributed by atoms with E-state index in [-0.39, 0.29) is 12.8 Å². The van der Waals surface area contributed by atoms with Gasteiger partial charge in [-0.1, -0.05) is 261 Å². The minimum Gasteiger partial charge on any atom is -0.394 e. The van der Waals surface area contributed by atoms with Crippen LogP contribution in [0.4, 0.5) is 0 Å². The fourth-order valence-corrected chi connectivity index (χ4v) is 10.2. The largest absolute Gasteiger partial charge is 0.394 e. The molecule has 0 radical (unpaired) electrons. The summed E-state index contributed by atoms with van der Waals surface area (Å²) >= 11 is 0. The lowest BCUT2D eigenvalue weighted by Crippen LogP contribution is -2.60. The SMILES string of the molecule is CCCC/C=C/CC/C=C/CC/C=C/CCCC(O)C(O)C(COC1OC(CO)C(O)C(O)C1O)NC(=O)C(O)CCCCCCCCCCCCCCCCCC/C=C\C/C=C\CCCCCCCCCCCCCCC. The van der Waals surface area contributed by atoms with Crippen molar-refractivity contribution in [3.05, 3.63) is 60.8 Å². The highest BCUT2D eigenvalue weighted by Crippen LogP contribution is 2.23. The molecule has 1 heterocycles. The molecular formula is C67H123NO10. The van der Waals surface area contributed by atoms with Gasteiger partial charge in [0.2, 0.25) is 5.91 Å². The molecule has 0 saturated carbocycles. The zero-order chi connectivity index (χ0) is 56.8. The van der Waals surface area contributed by atoms with E-state index in [1.165, 1.54) is 186 Å². The summed E-state index contributed by atoms with van der Waals surface area (Å²) in [5.41, 5.74) is 0. The second kappa shape index (κ2) is 55.3. The summed E-state index contributed by atoms with van der Waals surface area (Å²) in [6.07, 6.45) is 61.7. The summed E-state index contributed by atoms with van der Waals surface area (Å²) in [6.45, 7) is 3.41. The summed E-state index contributed by atoms with van der Waals surface area (Å²) in [6, 6.07) is -1.20. The maximum absolute atomic E-state index is 13.2. The van der Waals surface area contributed by atoms with Crippen molar-refractivity contribution in [2.45, 2.75) is 345 Å². The maximum Gasteiger partial charge on any atom is 0.249 e. The number of amides is 1. The Morgan fingerprint density at radius 3 is 1.26 bits per heavy atom. The molecule has 1 rings (SSSR count). The average molecular weight is 1100 g/mol. The molecule has 1 amide bonds. The molecule has 0 aromatic rings. The number of allylic oxidation sites excluding steroid dienone is 10.